The monoisotopic (exact) mass is 338 g/mol. The first kappa shape index (κ1) is 16.3. The molecule has 1 fully saturated rings. The third kappa shape index (κ3) is 3.76. The van der Waals surface area contributed by atoms with Crippen LogP contribution in [0.1, 0.15) is 46.7 Å². The van der Waals surface area contributed by atoms with E-state index < -0.39 is 0 Å². The lowest BCUT2D eigenvalue weighted by Crippen LogP contribution is -2.40. The molecule has 1 aromatic carbocycles. The standard InChI is InChI=1S/C20H26N4O/c1-15-12-24-14-18(7-8-19(24)21-15)22-20(25)17-6-4-5-16(11-17)13-23-9-2-3-10-23/h4-6,11-12,18H,2-3,7-10,13-14H2,1H3,(H,22,25). The molecule has 2 aliphatic rings. The minimum absolute atomic E-state index is 0.0357. The van der Waals surface area contributed by atoms with Crippen LogP contribution in [0, 0.1) is 6.92 Å². The van der Waals surface area contributed by atoms with Crippen molar-refractivity contribution in [3.63, 3.8) is 0 Å². The fourth-order valence-corrected chi connectivity index (χ4v) is 3.98. The van der Waals surface area contributed by atoms with Crippen molar-refractivity contribution in [3.05, 3.63) is 53.1 Å². The topological polar surface area (TPSA) is 50.2 Å². The molecule has 5 heteroatoms. The summed E-state index contributed by atoms with van der Waals surface area (Å²) < 4.78 is 2.17. The van der Waals surface area contributed by atoms with Crippen LogP contribution in [0.4, 0.5) is 0 Å². The molecule has 1 saturated heterocycles. The van der Waals surface area contributed by atoms with E-state index in [4.69, 9.17) is 0 Å². The second-order valence-electron chi connectivity index (χ2n) is 7.34. The highest BCUT2D eigenvalue weighted by atomic mass is 16.1. The summed E-state index contributed by atoms with van der Waals surface area (Å²) in [6, 6.07) is 8.26. The van der Waals surface area contributed by atoms with Gasteiger partial charge < -0.3 is 9.88 Å². The SMILES string of the molecule is Cc1cn2c(n1)CCC(NC(=O)c1cccc(CN3CCCC3)c1)C2. The van der Waals surface area contributed by atoms with E-state index in [1.54, 1.807) is 0 Å². The molecule has 2 aliphatic heterocycles. The summed E-state index contributed by atoms with van der Waals surface area (Å²) in [5.74, 6) is 1.17. The maximum atomic E-state index is 12.7. The van der Waals surface area contributed by atoms with Crippen molar-refractivity contribution in [1.82, 2.24) is 19.8 Å². The van der Waals surface area contributed by atoms with E-state index in [9.17, 15) is 4.79 Å². The molecule has 0 saturated carbocycles. The number of nitrogens with zero attached hydrogens (tertiary/aromatic N) is 3. The number of aryl methyl sites for hydroxylation is 2. The van der Waals surface area contributed by atoms with Gasteiger partial charge in [-0.25, -0.2) is 4.98 Å². The second-order valence-corrected chi connectivity index (χ2v) is 7.34. The lowest BCUT2D eigenvalue weighted by Gasteiger charge is -2.25. The largest absolute Gasteiger partial charge is 0.347 e. The predicted octanol–water partition coefficient (Wildman–Crippen LogP) is 2.53. The van der Waals surface area contributed by atoms with E-state index in [0.717, 1.165) is 43.0 Å². The van der Waals surface area contributed by atoms with Crippen LogP contribution in [0.3, 0.4) is 0 Å². The van der Waals surface area contributed by atoms with E-state index in [0.29, 0.717) is 0 Å². The van der Waals surface area contributed by atoms with Gasteiger partial charge in [0, 0.05) is 37.3 Å². The summed E-state index contributed by atoms with van der Waals surface area (Å²) >= 11 is 0. The van der Waals surface area contributed by atoms with Crippen LogP contribution < -0.4 is 5.32 Å². The van der Waals surface area contributed by atoms with Gasteiger partial charge in [-0.15, -0.1) is 0 Å². The number of nitrogens with one attached hydrogen (secondary N) is 1. The van der Waals surface area contributed by atoms with Crippen LogP contribution in [-0.4, -0.2) is 39.5 Å². The zero-order chi connectivity index (χ0) is 17.2. The number of carbonyl (C=O) groups is 1. The molecule has 1 amide bonds. The Balaban J connectivity index is 1.39. The molecule has 0 bridgehead atoms. The molecule has 1 unspecified atom stereocenters. The first-order valence-corrected chi connectivity index (χ1v) is 9.32. The van der Waals surface area contributed by atoms with E-state index >= 15 is 0 Å². The van der Waals surface area contributed by atoms with Gasteiger partial charge in [-0.05, 0) is 57.0 Å². The van der Waals surface area contributed by atoms with Gasteiger partial charge in [0.05, 0.1) is 5.69 Å². The quantitative estimate of drug-likeness (QED) is 0.932. The first-order chi connectivity index (χ1) is 12.2. The third-order valence-corrected chi connectivity index (χ3v) is 5.24. The summed E-state index contributed by atoms with van der Waals surface area (Å²) in [5, 5.41) is 3.21. The number of benzene rings is 1. The van der Waals surface area contributed by atoms with Crippen LogP contribution >= 0.6 is 0 Å². The highest BCUT2D eigenvalue weighted by Gasteiger charge is 2.22. The van der Waals surface area contributed by atoms with Gasteiger partial charge in [0.15, 0.2) is 0 Å². The molecule has 132 valence electrons. The Morgan fingerprint density at radius 3 is 3.00 bits per heavy atom. The normalized spacial score (nSPS) is 20.4. The Bertz CT molecular complexity index is 761. The van der Waals surface area contributed by atoms with Crippen molar-refractivity contribution in [2.24, 2.45) is 0 Å². The number of amides is 1. The Morgan fingerprint density at radius 2 is 2.16 bits per heavy atom. The predicted molar refractivity (Wildman–Crippen MR) is 97.5 cm³/mol. The Labute approximate surface area is 149 Å². The molecule has 0 radical (unpaired) electrons. The van der Waals surface area contributed by atoms with Gasteiger partial charge in [-0.3, -0.25) is 9.69 Å². The van der Waals surface area contributed by atoms with Crippen LogP contribution in [0.2, 0.25) is 0 Å². The number of rotatable bonds is 4. The summed E-state index contributed by atoms with van der Waals surface area (Å²) in [6.45, 7) is 6.12. The zero-order valence-corrected chi connectivity index (χ0v) is 14.9. The van der Waals surface area contributed by atoms with Crippen molar-refractivity contribution in [1.29, 1.82) is 0 Å². The van der Waals surface area contributed by atoms with E-state index in [1.807, 2.05) is 25.1 Å². The number of imidazole rings is 1. The van der Waals surface area contributed by atoms with E-state index in [-0.39, 0.29) is 11.9 Å². The molecule has 1 aromatic heterocycles. The highest BCUT2D eigenvalue weighted by molar-refractivity contribution is 5.94. The highest BCUT2D eigenvalue weighted by Crippen LogP contribution is 2.17. The average molecular weight is 338 g/mol. The molecule has 0 aliphatic carbocycles. The third-order valence-electron chi connectivity index (χ3n) is 5.24. The lowest BCUT2D eigenvalue weighted by atomic mass is 10.1. The van der Waals surface area contributed by atoms with Gasteiger partial charge in [0.2, 0.25) is 0 Å². The molecule has 0 spiro atoms. The minimum atomic E-state index is 0.0357. The summed E-state index contributed by atoms with van der Waals surface area (Å²) in [6.07, 6.45) is 6.53. The number of likely N-dealkylation sites (tertiary alicyclic amines) is 1. The van der Waals surface area contributed by atoms with Crippen LogP contribution in [0.15, 0.2) is 30.5 Å². The van der Waals surface area contributed by atoms with Gasteiger partial charge in [-0.2, -0.15) is 0 Å². The Kier molecular flexibility index (Phi) is 4.57. The van der Waals surface area contributed by atoms with Crippen molar-refractivity contribution >= 4 is 5.91 Å². The first-order valence-electron chi connectivity index (χ1n) is 9.32. The molecule has 2 aromatic rings. The second kappa shape index (κ2) is 7.00. The summed E-state index contributed by atoms with van der Waals surface area (Å²) in [5.41, 5.74) is 3.05. The molecule has 25 heavy (non-hydrogen) atoms. The number of hydrogen-bond donors (Lipinski definition) is 1. The number of aromatic nitrogens is 2. The Morgan fingerprint density at radius 1 is 1.32 bits per heavy atom. The Hall–Kier alpha value is -2.14. The number of carbonyl (C=O) groups excluding carboxylic acids is 1. The summed E-state index contributed by atoms with van der Waals surface area (Å²) in [7, 11) is 0. The number of hydrogen-bond acceptors (Lipinski definition) is 3. The van der Waals surface area contributed by atoms with Crippen molar-refractivity contribution in [3.8, 4) is 0 Å². The van der Waals surface area contributed by atoms with Gasteiger partial charge >= 0.3 is 0 Å². The maximum absolute atomic E-state index is 12.7. The summed E-state index contributed by atoms with van der Waals surface area (Å²) in [4.78, 5) is 19.7. The van der Waals surface area contributed by atoms with Crippen LogP contribution in [0.25, 0.3) is 0 Å². The fourth-order valence-electron chi connectivity index (χ4n) is 3.98. The van der Waals surface area contributed by atoms with Gasteiger partial charge in [0.1, 0.15) is 5.82 Å². The fraction of sp³-hybridized carbons (Fsp3) is 0.500. The molecular weight excluding hydrogens is 312 g/mol. The lowest BCUT2D eigenvalue weighted by molar-refractivity contribution is 0.0927. The molecule has 4 rings (SSSR count). The molecular formula is C20H26N4O. The van der Waals surface area contributed by atoms with Crippen molar-refractivity contribution < 1.29 is 4.79 Å². The average Bonchev–Trinajstić information content (AvgIpc) is 3.23. The van der Waals surface area contributed by atoms with Gasteiger partial charge in [-0.1, -0.05) is 12.1 Å². The minimum Gasteiger partial charge on any atom is -0.347 e. The van der Waals surface area contributed by atoms with Gasteiger partial charge in [0.25, 0.3) is 5.91 Å². The smallest absolute Gasteiger partial charge is 0.251 e. The van der Waals surface area contributed by atoms with Crippen LogP contribution in [-0.2, 0) is 19.5 Å². The van der Waals surface area contributed by atoms with Crippen molar-refractivity contribution in [2.45, 2.75) is 51.7 Å². The molecule has 1 N–H and O–H groups in total. The molecule has 3 heterocycles. The van der Waals surface area contributed by atoms with Crippen LogP contribution in [0.5, 0.6) is 0 Å². The van der Waals surface area contributed by atoms with E-state index in [2.05, 4.69) is 32.0 Å². The molecule has 5 nitrogen and oxygen atoms in total. The zero-order valence-electron chi connectivity index (χ0n) is 14.9. The molecule has 1 atom stereocenters. The van der Waals surface area contributed by atoms with E-state index in [1.165, 1.54) is 31.5 Å². The maximum Gasteiger partial charge on any atom is 0.251 e. The number of fused-ring (bicyclic) bond motifs is 1. The van der Waals surface area contributed by atoms with Crippen molar-refractivity contribution in [2.75, 3.05) is 13.1 Å².